The predicted molar refractivity (Wildman–Crippen MR) is 610 cm³/mol. The van der Waals surface area contributed by atoms with Crippen molar-refractivity contribution in [1.82, 2.24) is 0 Å². The lowest BCUT2D eigenvalue weighted by atomic mass is 9.90. The summed E-state index contributed by atoms with van der Waals surface area (Å²) < 4.78 is 6.56. The summed E-state index contributed by atoms with van der Waals surface area (Å²) in [6.45, 7) is 0. The lowest BCUT2D eigenvalue weighted by Crippen LogP contribution is -2.10. The van der Waals surface area contributed by atoms with Crippen LogP contribution in [0.3, 0.4) is 0 Å². The molecule has 0 N–H and O–H groups in total. The fraction of sp³-hybridized carbons (Fsp3) is 0. The number of para-hydroxylation sites is 7. The van der Waals surface area contributed by atoms with Crippen LogP contribution in [0.15, 0.2) is 575 Å². The minimum atomic E-state index is 0.910. The van der Waals surface area contributed by atoms with Gasteiger partial charge in [0.1, 0.15) is 11.2 Å². The van der Waals surface area contributed by atoms with E-state index in [0.29, 0.717) is 0 Å². The largest absolute Gasteiger partial charge is 0.455 e. The van der Waals surface area contributed by atoms with Gasteiger partial charge in [0.05, 0.1) is 5.69 Å². The molecule has 0 bridgehead atoms. The van der Waals surface area contributed by atoms with Crippen molar-refractivity contribution in [3.8, 4) is 55.6 Å². The molecule has 0 aliphatic heterocycles. The van der Waals surface area contributed by atoms with Crippen LogP contribution in [0.4, 0.5) is 68.2 Å². The highest BCUT2D eigenvalue weighted by Crippen LogP contribution is 2.50. The Labute approximate surface area is 831 Å². The Bertz CT molecular complexity index is 9180. The van der Waals surface area contributed by atoms with E-state index in [2.05, 4.69) is 584 Å². The number of anilines is 12. The molecular weight excluding hydrogens is 1730 g/mol. The van der Waals surface area contributed by atoms with Gasteiger partial charge in [-0.1, -0.05) is 419 Å². The first-order valence-corrected chi connectivity index (χ1v) is 49.0. The Morgan fingerprint density at radius 2 is 0.371 bits per heavy atom. The summed E-state index contributed by atoms with van der Waals surface area (Å²) in [4.78, 5) is 9.40. The minimum absolute atomic E-state index is 0.910. The lowest BCUT2D eigenvalue weighted by molar-refractivity contribution is 0.670. The van der Waals surface area contributed by atoms with Gasteiger partial charge in [-0.15, -0.1) is 0 Å². The van der Waals surface area contributed by atoms with Crippen LogP contribution in [0, 0.1) is 0 Å². The molecule has 672 valence electrons. The molecule has 0 atom stereocenters. The Balaban J connectivity index is 0.000000113. The molecule has 5 heteroatoms. The second kappa shape index (κ2) is 37.9. The van der Waals surface area contributed by atoms with Gasteiger partial charge in [-0.25, -0.2) is 0 Å². The predicted octanol–water partition coefficient (Wildman–Crippen LogP) is 39.6. The quantitative estimate of drug-likeness (QED) is 0.0847. The molecular formula is C138H94N4O. The molecule has 0 fully saturated rings. The average molecular weight is 1820 g/mol. The van der Waals surface area contributed by atoms with Crippen molar-refractivity contribution < 1.29 is 4.42 Å². The summed E-state index contributed by atoms with van der Waals surface area (Å²) in [7, 11) is 0. The highest BCUT2D eigenvalue weighted by atomic mass is 16.3. The minimum Gasteiger partial charge on any atom is -0.455 e. The van der Waals surface area contributed by atoms with Gasteiger partial charge in [0.2, 0.25) is 0 Å². The van der Waals surface area contributed by atoms with E-state index < -0.39 is 0 Å². The van der Waals surface area contributed by atoms with Crippen LogP contribution in [0.25, 0.3) is 175 Å². The molecule has 0 unspecified atom stereocenters. The normalized spacial score (nSPS) is 11.4. The van der Waals surface area contributed by atoms with E-state index >= 15 is 0 Å². The SMILES string of the molecule is c1ccc(-c2ccc(N(c3ccc(-c4ccccc4)cc3)c3ccc4ccc5c6cccc(-c7ccccc7)c6ccc5c4c3)cc2)cc1.c1ccc(-c2ccc(N(c3ccccc3)c3ccc4ccc5c6ccccc6c(-c6cccc7c6oc6ccccc67)cc5c4c3)cc2)cc1.c1ccc(N(c2ccccc2)c2ccc3ccc4c5cccc(N(c6ccccc6)c6ccccc6)c5ccc4c3c2)cc1. The van der Waals surface area contributed by atoms with Gasteiger partial charge in [0.25, 0.3) is 0 Å². The summed E-state index contributed by atoms with van der Waals surface area (Å²) in [5.74, 6) is 0. The first-order valence-electron chi connectivity index (χ1n) is 49.0. The summed E-state index contributed by atoms with van der Waals surface area (Å²) in [5.41, 5.74) is 27.4. The number of hydrogen-bond acceptors (Lipinski definition) is 5. The summed E-state index contributed by atoms with van der Waals surface area (Å²) in [5, 5.41) is 24.6. The highest BCUT2D eigenvalue weighted by Gasteiger charge is 2.24. The Hall–Kier alpha value is -18.9. The number of furan rings is 1. The Kier molecular flexibility index (Phi) is 22.7. The number of rotatable bonds is 17. The van der Waals surface area contributed by atoms with Crippen LogP contribution in [-0.4, -0.2) is 0 Å². The second-order valence-corrected chi connectivity index (χ2v) is 36.5. The molecule has 0 aliphatic carbocycles. The van der Waals surface area contributed by atoms with Crippen LogP contribution >= 0.6 is 0 Å². The topological polar surface area (TPSA) is 26.1 Å². The van der Waals surface area contributed by atoms with Crippen molar-refractivity contribution >= 4 is 187 Å². The molecule has 27 rings (SSSR count). The van der Waals surface area contributed by atoms with Crippen molar-refractivity contribution in [3.05, 3.63) is 570 Å². The molecule has 0 saturated carbocycles. The van der Waals surface area contributed by atoms with Gasteiger partial charge in [-0.3, -0.25) is 0 Å². The van der Waals surface area contributed by atoms with Crippen LogP contribution in [0.2, 0.25) is 0 Å². The summed E-state index contributed by atoms with van der Waals surface area (Å²) >= 11 is 0. The fourth-order valence-electron chi connectivity index (χ4n) is 21.3. The third-order valence-electron chi connectivity index (χ3n) is 28.1. The number of hydrogen-bond donors (Lipinski definition) is 0. The van der Waals surface area contributed by atoms with E-state index in [1.807, 2.05) is 6.07 Å². The van der Waals surface area contributed by atoms with Gasteiger partial charge in [-0.2, -0.15) is 0 Å². The van der Waals surface area contributed by atoms with E-state index in [9.17, 15) is 0 Å². The van der Waals surface area contributed by atoms with Crippen molar-refractivity contribution in [2.45, 2.75) is 0 Å². The number of nitrogens with zero attached hydrogens (tertiary/aromatic N) is 4. The smallest absolute Gasteiger partial charge is 0.143 e. The van der Waals surface area contributed by atoms with E-state index in [1.165, 1.54) is 147 Å². The first-order chi connectivity index (χ1) is 70.9. The Morgan fingerprint density at radius 3 is 0.790 bits per heavy atom. The molecule has 1 aromatic heterocycles. The third kappa shape index (κ3) is 16.5. The van der Waals surface area contributed by atoms with Crippen LogP contribution in [0.1, 0.15) is 0 Å². The maximum atomic E-state index is 6.56. The van der Waals surface area contributed by atoms with Crippen molar-refractivity contribution in [2.75, 3.05) is 19.6 Å². The monoisotopic (exact) mass is 1820 g/mol. The van der Waals surface area contributed by atoms with E-state index in [4.69, 9.17) is 4.42 Å². The van der Waals surface area contributed by atoms with Crippen molar-refractivity contribution in [1.29, 1.82) is 0 Å². The third-order valence-corrected chi connectivity index (χ3v) is 28.1. The molecule has 143 heavy (non-hydrogen) atoms. The fourth-order valence-corrected chi connectivity index (χ4v) is 21.3. The van der Waals surface area contributed by atoms with Crippen LogP contribution in [-0.2, 0) is 0 Å². The molecule has 27 aromatic rings. The molecule has 0 aliphatic rings. The van der Waals surface area contributed by atoms with Crippen LogP contribution in [0.5, 0.6) is 0 Å². The summed E-state index contributed by atoms with van der Waals surface area (Å²) in [6, 6.07) is 205. The van der Waals surface area contributed by atoms with Gasteiger partial charge in [0.15, 0.2) is 0 Å². The van der Waals surface area contributed by atoms with Crippen molar-refractivity contribution in [3.63, 3.8) is 0 Å². The molecule has 1 heterocycles. The summed E-state index contributed by atoms with van der Waals surface area (Å²) in [6.07, 6.45) is 0. The molecule has 0 radical (unpaired) electrons. The molecule has 0 spiro atoms. The van der Waals surface area contributed by atoms with Crippen molar-refractivity contribution in [2.24, 2.45) is 0 Å². The van der Waals surface area contributed by atoms with E-state index in [0.717, 1.165) is 95.8 Å². The van der Waals surface area contributed by atoms with E-state index in [-0.39, 0.29) is 0 Å². The molecule has 0 amide bonds. The highest BCUT2D eigenvalue weighted by molar-refractivity contribution is 6.25. The molecule has 26 aromatic carbocycles. The maximum Gasteiger partial charge on any atom is 0.143 e. The van der Waals surface area contributed by atoms with Gasteiger partial charge in [-0.05, 0) is 293 Å². The number of fused-ring (bicyclic) bond motifs is 18. The molecule has 5 nitrogen and oxygen atoms in total. The van der Waals surface area contributed by atoms with Crippen LogP contribution < -0.4 is 19.6 Å². The first kappa shape index (κ1) is 85.7. The number of benzene rings is 26. The second-order valence-electron chi connectivity index (χ2n) is 36.5. The lowest BCUT2D eigenvalue weighted by Gasteiger charge is -2.27. The molecule has 0 saturated heterocycles. The maximum absolute atomic E-state index is 6.56. The Morgan fingerprint density at radius 1 is 0.119 bits per heavy atom. The van der Waals surface area contributed by atoms with E-state index in [1.54, 1.807) is 0 Å². The standard InChI is InChI=1S/C48H31NO.C48H33N.C42H30N2/c1-3-12-32(13-4-1)33-22-26-36(27-23-33)49(35-14-5-2-6-15-35)37-28-24-34-25-29-40-38-16-7-8-17-39(38)45(31-46(40)44(34)30-37)43-20-11-19-42-41-18-9-10-21-47(41)50-48(42)43;1-4-11-34(12-5-1)36-19-25-40(26-20-36)49(41-27-21-37(22-28-41)35-13-6-2-7-14-35)42-29-23-39-24-30-46-44-18-10-17-43(38-15-8-3-9-16-38)45(44)31-32-47(46)48(39)33-42;1-5-14-32(15-6-1)43(33-16-7-2-8-17-33)36-26-24-31-25-27-38-37-22-13-23-42(40(37)29-28-39(38)41(31)30-36)44(34-18-9-3-10-19-34)35-20-11-4-12-21-35/h1-31H;1-33H;1-30H. The average Bonchev–Trinajstić information content (AvgIpc) is 1.72. The van der Waals surface area contributed by atoms with Gasteiger partial charge >= 0.3 is 0 Å². The van der Waals surface area contributed by atoms with Gasteiger partial charge in [0, 0.05) is 84.3 Å². The zero-order chi connectivity index (χ0) is 94.9. The zero-order valence-electron chi connectivity index (χ0n) is 78.5. The van der Waals surface area contributed by atoms with Gasteiger partial charge < -0.3 is 24.0 Å². The zero-order valence-corrected chi connectivity index (χ0v) is 78.5.